The van der Waals surface area contributed by atoms with Crippen LogP contribution in [0.15, 0.2) is 102 Å². The van der Waals surface area contributed by atoms with E-state index < -0.39 is 10.0 Å². The van der Waals surface area contributed by atoms with Crippen LogP contribution in [0.3, 0.4) is 0 Å². The normalized spacial score (nSPS) is 11.7. The van der Waals surface area contributed by atoms with Crippen molar-refractivity contribution in [1.82, 2.24) is 4.31 Å². The van der Waals surface area contributed by atoms with Crippen molar-refractivity contribution in [3.63, 3.8) is 0 Å². The third-order valence-electron chi connectivity index (χ3n) is 5.06. The van der Waals surface area contributed by atoms with E-state index in [0.717, 1.165) is 27.6 Å². The van der Waals surface area contributed by atoms with E-state index in [1.54, 1.807) is 19.2 Å². The fourth-order valence-electron chi connectivity index (χ4n) is 3.44. The van der Waals surface area contributed by atoms with Crippen molar-refractivity contribution < 1.29 is 13.2 Å². The second-order valence-electron chi connectivity index (χ2n) is 7.12. The highest BCUT2D eigenvalue weighted by Crippen LogP contribution is 2.27. The van der Waals surface area contributed by atoms with Gasteiger partial charge in [-0.3, -0.25) is 0 Å². The maximum absolute atomic E-state index is 13.6. The lowest BCUT2D eigenvalue weighted by molar-refractivity contribution is 0.401. The minimum absolute atomic E-state index is 0.284. The van der Waals surface area contributed by atoms with Crippen LogP contribution in [0.5, 0.6) is 5.75 Å². The van der Waals surface area contributed by atoms with Crippen molar-refractivity contribution in [3.05, 3.63) is 108 Å². The maximum Gasteiger partial charge on any atom is 0.243 e. The Kier molecular flexibility index (Phi) is 5.84. The van der Waals surface area contributed by atoms with E-state index in [1.165, 1.54) is 4.31 Å². The Morgan fingerprint density at radius 3 is 1.80 bits per heavy atom. The van der Waals surface area contributed by atoms with E-state index in [1.807, 2.05) is 84.9 Å². The van der Waals surface area contributed by atoms with Gasteiger partial charge in [-0.1, -0.05) is 72.8 Å². The van der Waals surface area contributed by atoms with E-state index in [9.17, 15) is 8.42 Å². The van der Waals surface area contributed by atoms with Crippen molar-refractivity contribution in [2.45, 2.75) is 18.0 Å². The van der Waals surface area contributed by atoms with Gasteiger partial charge in [-0.15, -0.1) is 0 Å². The molecule has 0 fully saturated rings. The number of fused-ring (bicyclic) bond motifs is 1. The lowest BCUT2D eigenvalue weighted by Crippen LogP contribution is -2.30. The predicted octanol–water partition coefficient (Wildman–Crippen LogP) is 5.24. The molecule has 0 aromatic heterocycles. The van der Waals surface area contributed by atoms with E-state index in [0.29, 0.717) is 13.1 Å². The summed E-state index contributed by atoms with van der Waals surface area (Å²) < 4.78 is 34.0. The highest BCUT2D eigenvalue weighted by Gasteiger charge is 2.25. The van der Waals surface area contributed by atoms with Crippen molar-refractivity contribution in [2.75, 3.05) is 7.11 Å². The molecule has 4 aromatic rings. The first-order valence-corrected chi connectivity index (χ1v) is 11.2. The summed E-state index contributed by atoms with van der Waals surface area (Å²) in [5.41, 5.74) is 1.89. The van der Waals surface area contributed by atoms with Gasteiger partial charge >= 0.3 is 0 Å². The molecule has 0 saturated carbocycles. The molecule has 0 aliphatic rings. The topological polar surface area (TPSA) is 46.6 Å². The van der Waals surface area contributed by atoms with Crippen molar-refractivity contribution in [3.8, 4) is 5.75 Å². The number of methoxy groups -OCH3 is 1. The molecule has 30 heavy (non-hydrogen) atoms. The summed E-state index contributed by atoms with van der Waals surface area (Å²) in [6.07, 6.45) is 0. The summed E-state index contributed by atoms with van der Waals surface area (Å²) in [7, 11) is -2.09. The molecule has 0 aliphatic carbocycles. The van der Waals surface area contributed by atoms with Crippen LogP contribution in [0.25, 0.3) is 10.8 Å². The Morgan fingerprint density at radius 2 is 1.23 bits per heavy atom. The Hall–Kier alpha value is -3.15. The molecule has 4 rings (SSSR count). The first kappa shape index (κ1) is 20.1. The zero-order valence-corrected chi connectivity index (χ0v) is 17.5. The van der Waals surface area contributed by atoms with Gasteiger partial charge in [0.25, 0.3) is 0 Å². The standard InChI is InChI=1S/C25H23NO3S/c1-29-24-14-12-23-17-25(15-13-22(23)16-24)30(27,28)26(18-20-8-4-2-5-9-20)19-21-10-6-3-7-11-21/h2-17H,18-19H2,1H3. The Balaban J connectivity index is 1.73. The summed E-state index contributed by atoms with van der Waals surface area (Å²) >= 11 is 0. The monoisotopic (exact) mass is 417 g/mol. The molecule has 0 spiro atoms. The predicted molar refractivity (Wildman–Crippen MR) is 120 cm³/mol. The fraction of sp³-hybridized carbons (Fsp3) is 0.120. The van der Waals surface area contributed by atoms with Gasteiger partial charge in [0.1, 0.15) is 5.75 Å². The lowest BCUT2D eigenvalue weighted by atomic mass is 10.1. The molecule has 0 bridgehead atoms. The summed E-state index contributed by atoms with van der Waals surface area (Å²) in [4.78, 5) is 0.284. The molecule has 0 amide bonds. The molecule has 5 heteroatoms. The molecule has 0 atom stereocenters. The van der Waals surface area contributed by atoms with Crippen LogP contribution in [0.2, 0.25) is 0 Å². The average molecular weight is 418 g/mol. The SMILES string of the molecule is COc1ccc2cc(S(=O)(=O)N(Cc3ccccc3)Cc3ccccc3)ccc2c1. The smallest absolute Gasteiger partial charge is 0.243 e. The van der Waals surface area contributed by atoms with Gasteiger partial charge in [-0.25, -0.2) is 8.42 Å². The number of rotatable bonds is 7. The molecule has 152 valence electrons. The first-order chi connectivity index (χ1) is 14.6. The fourth-order valence-corrected chi connectivity index (χ4v) is 4.89. The first-order valence-electron chi connectivity index (χ1n) is 9.72. The van der Waals surface area contributed by atoms with E-state index >= 15 is 0 Å². The highest BCUT2D eigenvalue weighted by molar-refractivity contribution is 7.89. The zero-order chi connectivity index (χ0) is 21.0. The quantitative estimate of drug-likeness (QED) is 0.413. The second-order valence-corrected chi connectivity index (χ2v) is 9.06. The van der Waals surface area contributed by atoms with E-state index in [2.05, 4.69) is 0 Å². The third-order valence-corrected chi connectivity index (χ3v) is 6.85. The number of hydrogen-bond donors (Lipinski definition) is 0. The minimum Gasteiger partial charge on any atom is -0.497 e. The molecule has 0 radical (unpaired) electrons. The summed E-state index contributed by atoms with van der Waals surface area (Å²) in [6, 6.07) is 30.2. The van der Waals surface area contributed by atoms with Crippen LogP contribution in [0.4, 0.5) is 0 Å². The van der Waals surface area contributed by atoms with Crippen LogP contribution in [-0.4, -0.2) is 19.8 Å². The Labute approximate surface area is 177 Å². The minimum atomic E-state index is -3.70. The molecule has 0 unspecified atom stereocenters. The van der Waals surface area contributed by atoms with Gasteiger partial charge in [-0.05, 0) is 46.2 Å². The Bertz CT molecular complexity index is 1200. The van der Waals surface area contributed by atoms with Gasteiger partial charge in [0.2, 0.25) is 10.0 Å². The van der Waals surface area contributed by atoms with E-state index in [-0.39, 0.29) is 4.90 Å². The Morgan fingerprint density at radius 1 is 0.700 bits per heavy atom. The molecule has 0 heterocycles. The number of benzene rings is 4. The number of sulfonamides is 1. The van der Waals surface area contributed by atoms with Gasteiger partial charge in [0, 0.05) is 13.1 Å². The molecule has 4 nitrogen and oxygen atoms in total. The zero-order valence-electron chi connectivity index (χ0n) is 16.7. The summed E-state index contributed by atoms with van der Waals surface area (Å²) in [6.45, 7) is 0.609. The summed E-state index contributed by atoms with van der Waals surface area (Å²) in [5, 5.41) is 1.79. The number of hydrogen-bond acceptors (Lipinski definition) is 3. The largest absolute Gasteiger partial charge is 0.497 e. The second kappa shape index (κ2) is 8.69. The van der Waals surface area contributed by atoms with Gasteiger partial charge in [0.15, 0.2) is 0 Å². The highest BCUT2D eigenvalue weighted by atomic mass is 32.2. The molecule has 4 aromatic carbocycles. The molecule has 0 aliphatic heterocycles. The van der Waals surface area contributed by atoms with Crippen molar-refractivity contribution in [2.24, 2.45) is 0 Å². The van der Waals surface area contributed by atoms with Crippen LogP contribution in [0.1, 0.15) is 11.1 Å². The van der Waals surface area contributed by atoms with Crippen molar-refractivity contribution in [1.29, 1.82) is 0 Å². The van der Waals surface area contributed by atoms with Crippen LogP contribution >= 0.6 is 0 Å². The van der Waals surface area contributed by atoms with E-state index in [4.69, 9.17) is 4.74 Å². The average Bonchev–Trinajstić information content (AvgIpc) is 2.79. The molecular weight excluding hydrogens is 394 g/mol. The van der Waals surface area contributed by atoms with Gasteiger partial charge in [0.05, 0.1) is 12.0 Å². The van der Waals surface area contributed by atoms with Gasteiger partial charge < -0.3 is 4.74 Å². The van der Waals surface area contributed by atoms with Crippen LogP contribution in [0, 0.1) is 0 Å². The maximum atomic E-state index is 13.6. The van der Waals surface area contributed by atoms with Crippen LogP contribution in [-0.2, 0) is 23.1 Å². The molecule has 0 saturated heterocycles. The van der Waals surface area contributed by atoms with Crippen LogP contribution < -0.4 is 4.74 Å². The molecule has 0 N–H and O–H groups in total. The molecular formula is C25H23NO3S. The van der Waals surface area contributed by atoms with Crippen molar-refractivity contribution >= 4 is 20.8 Å². The number of nitrogens with zero attached hydrogens (tertiary/aromatic N) is 1. The van der Waals surface area contributed by atoms with Gasteiger partial charge in [-0.2, -0.15) is 4.31 Å². The number of ether oxygens (including phenoxy) is 1. The third kappa shape index (κ3) is 4.37. The lowest BCUT2D eigenvalue weighted by Gasteiger charge is -2.23. The summed E-state index contributed by atoms with van der Waals surface area (Å²) in [5.74, 6) is 0.743.